The number of fused-ring (bicyclic) bond motifs is 2. The van der Waals surface area contributed by atoms with Crippen LogP contribution in [0.2, 0.25) is 0 Å². The minimum Gasteiger partial charge on any atom is -0.245 e. The zero-order chi connectivity index (χ0) is 12.9. The van der Waals surface area contributed by atoms with Crippen molar-refractivity contribution in [3.05, 3.63) is 60.2 Å². The zero-order valence-corrected chi connectivity index (χ0v) is 10.8. The van der Waals surface area contributed by atoms with Gasteiger partial charge >= 0.3 is 0 Å². The fourth-order valence-electron chi connectivity index (χ4n) is 1.65. The molecule has 4 aromatic rings. The predicted octanol–water partition coefficient (Wildman–Crippen LogP) is 3.32. The highest BCUT2D eigenvalue weighted by atomic mass is 32.1. The van der Waals surface area contributed by atoms with E-state index in [9.17, 15) is 0 Å². The van der Waals surface area contributed by atoms with Gasteiger partial charge in [0.15, 0.2) is 0 Å². The van der Waals surface area contributed by atoms with E-state index >= 15 is 0 Å². The quantitative estimate of drug-likeness (QED) is 0.490. The van der Waals surface area contributed by atoms with Gasteiger partial charge in [-0.25, -0.2) is 4.98 Å². The third-order valence-corrected chi connectivity index (χ3v) is 3.38. The second-order valence-corrected chi connectivity index (χ2v) is 4.70. The minimum absolute atomic E-state index is 0.887. The first-order valence-electron chi connectivity index (χ1n) is 5.75. The standard InChI is InChI=1S/C7H5N3.C7H5NS/c1-2-4-7-6(3-1)5-8-10-9-7;1-2-4-7-6(3-1)8-5-9-7/h1-5H;1-5H. The van der Waals surface area contributed by atoms with Crippen molar-refractivity contribution in [2.75, 3.05) is 0 Å². The zero-order valence-electron chi connectivity index (χ0n) is 9.97. The van der Waals surface area contributed by atoms with Crippen LogP contribution in [0.15, 0.2) is 60.2 Å². The molecular weight excluding hydrogens is 256 g/mol. The van der Waals surface area contributed by atoms with Crippen molar-refractivity contribution in [1.82, 2.24) is 20.4 Å². The number of benzene rings is 2. The van der Waals surface area contributed by atoms with Crippen LogP contribution in [-0.4, -0.2) is 20.4 Å². The molecule has 0 saturated carbocycles. The summed E-state index contributed by atoms with van der Waals surface area (Å²) in [6, 6.07) is 15.9. The molecule has 0 aliphatic heterocycles. The Bertz CT molecular complexity index is 702. The molecule has 19 heavy (non-hydrogen) atoms. The molecular formula is C14H10N4S. The van der Waals surface area contributed by atoms with Crippen molar-refractivity contribution in [3.8, 4) is 0 Å². The molecule has 2 aromatic carbocycles. The van der Waals surface area contributed by atoms with Crippen LogP contribution in [0.3, 0.4) is 0 Å². The molecule has 0 spiro atoms. The van der Waals surface area contributed by atoms with Gasteiger partial charge in [0.2, 0.25) is 0 Å². The number of aromatic nitrogens is 4. The molecule has 0 aliphatic carbocycles. The Balaban J connectivity index is 0.000000117. The molecule has 0 atom stereocenters. The average molecular weight is 266 g/mol. The normalized spacial score (nSPS) is 10.1. The molecule has 4 nitrogen and oxygen atoms in total. The minimum atomic E-state index is 0.887. The Hall–Kier alpha value is -2.40. The van der Waals surface area contributed by atoms with Gasteiger partial charge in [-0.3, -0.25) is 0 Å². The van der Waals surface area contributed by atoms with E-state index in [-0.39, 0.29) is 0 Å². The highest BCUT2D eigenvalue weighted by molar-refractivity contribution is 7.16. The summed E-state index contributed by atoms with van der Waals surface area (Å²) in [4.78, 5) is 4.14. The summed E-state index contributed by atoms with van der Waals surface area (Å²) >= 11 is 1.68. The van der Waals surface area contributed by atoms with Gasteiger partial charge in [-0.1, -0.05) is 30.3 Å². The molecule has 0 radical (unpaired) electrons. The van der Waals surface area contributed by atoms with Crippen LogP contribution < -0.4 is 0 Å². The monoisotopic (exact) mass is 266 g/mol. The molecule has 0 unspecified atom stereocenters. The van der Waals surface area contributed by atoms with E-state index in [0.717, 1.165) is 16.4 Å². The molecule has 92 valence electrons. The van der Waals surface area contributed by atoms with Crippen LogP contribution in [0.25, 0.3) is 21.1 Å². The van der Waals surface area contributed by atoms with E-state index < -0.39 is 0 Å². The van der Waals surface area contributed by atoms with Crippen LogP contribution in [0, 0.1) is 0 Å². The molecule has 5 heteroatoms. The molecule has 2 aromatic heterocycles. The van der Waals surface area contributed by atoms with Gasteiger partial charge in [0.05, 0.1) is 27.4 Å². The Labute approximate surface area is 113 Å². The smallest absolute Gasteiger partial charge is 0.0963 e. The summed E-state index contributed by atoms with van der Waals surface area (Å²) < 4.78 is 1.26. The summed E-state index contributed by atoms with van der Waals surface area (Å²) in [7, 11) is 0. The van der Waals surface area contributed by atoms with E-state index in [4.69, 9.17) is 0 Å². The van der Waals surface area contributed by atoms with Crippen LogP contribution in [0.5, 0.6) is 0 Å². The third kappa shape index (κ3) is 2.71. The van der Waals surface area contributed by atoms with Crippen LogP contribution in [-0.2, 0) is 0 Å². The van der Waals surface area contributed by atoms with Gasteiger partial charge in [0, 0.05) is 5.39 Å². The van der Waals surface area contributed by atoms with Gasteiger partial charge in [0.25, 0.3) is 0 Å². The number of hydrogen-bond donors (Lipinski definition) is 0. The lowest BCUT2D eigenvalue weighted by Gasteiger charge is -1.89. The lowest BCUT2D eigenvalue weighted by atomic mass is 10.2. The fraction of sp³-hybridized carbons (Fsp3) is 0. The SMILES string of the molecule is c1ccc2nnncc2c1.c1ccc2scnc2c1. The van der Waals surface area contributed by atoms with E-state index in [1.165, 1.54) is 4.70 Å². The topological polar surface area (TPSA) is 51.6 Å². The summed E-state index contributed by atoms with van der Waals surface area (Å²) in [5.74, 6) is 0. The van der Waals surface area contributed by atoms with E-state index in [1.807, 2.05) is 48.0 Å². The van der Waals surface area contributed by atoms with Crippen molar-refractivity contribution in [2.45, 2.75) is 0 Å². The van der Waals surface area contributed by atoms with Crippen LogP contribution in [0.1, 0.15) is 0 Å². The first-order chi connectivity index (χ1) is 9.43. The number of rotatable bonds is 0. The largest absolute Gasteiger partial charge is 0.245 e. The van der Waals surface area contributed by atoms with Gasteiger partial charge in [-0.05, 0) is 23.4 Å². The molecule has 0 fully saturated rings. The summed E-state index contributed by atoms with van der Waals surface area (Å²) in [5.41, 5.74) is 3.85. The molecule has 0 aliphatic rings. The Morgan fingerprint density at radius 1 is 0.842 bits per heavy atom. The van der Waals surface area contributed by atoms with Crippen molar-refractivity contribution in [2.24, 2.45) is 0 Å². The highest BCUT2D eigenvalue weighted by Gasteiger charge is 1.90. The molecule has 0 bridgehead atoms. The van der Waals surface area contributed by atoms with E-state index in [2.05, 4.69) is 26.5 Å². The maximum Gasteiger partial charge on any atom is 0.0963 e. The maximum atomic E-state index is 4.14. The van der Waals surface area contributed by atoms with Crippen molar-refractivity contribution < 1.29 is 0 Å². The molecule has 2 heterocycles. The molecule has 0 N–H and O–H groups in total. The highest BCUT2D eigenvalue weighted by Crippen LogP contribution is 2.15. The maximum absolute atomic E-state index is 4.14. The lowest BCUT2D eigenvalue weighted by molar-refractivity contribution is 0.895. The number of hydrogen-bond acceptors (Lipinski definition) is 5. The first-order valence-corrected chi connectivity index (χ1v) is 6.63. The van der Waals surface area contributed by atoms with Crippen LogP contribution >= 0.6 is 11.3 Å². The molecule has 4 rings (SSSR count). The van der Waals surface area contributed by atoms with Gasteiger partial charge in [-0.2, -0.15) is 0 Å². The fourth-order valence-corrected chi connectivity index (χ4v) is 2.33. The van der Waals surface area contributed by atoms with Gasteiger partial charge < -0.3 is 0 Å². The second-order valence-electron chi connectivity index (χ2n) is 3.81. The summed E-state index contributed by atoms with van der Waals surface area (Å²) in [6.07, 6.45) is 1.70. The van der Waals surface area contributed by atoms with E-state index in [0.29, 0.717) is 0 Å². The molecule has 0 amide bonds. The Morgan fingerprint density at radius 3 is 2.47 bits per heavy atom. The van der Waals surface area contributed by atoms with Crippen molar-refractivity contribution in [3.63, 3.8) is 0 Å². The van der Waals surface area contributed by atoms with Gasteiger partial charge in [-0.15, -0.1) is 21.5 Å². The first kappa shape index (κ1) is 11.7. The summed E-state index contributed by atoms with van der Waals surface area (Å²) in [5, 5.41) is 12.0. The van der Waals surface area contributed by atoms with Crippen molar-refractivity contribution in [1.29, 1.82) is 0 Å². The van der Waals surface area contributed by atoms with E-state index in [1.54, 1.807) is 17.5 Å². The third-order valence-electron chi connectivity index (χ3n) is 2.57. The van der Waals surface area contributed by atoms with Crippen molar-refractivity contribution >= 4 is 32.5 Å². The number of nitrogens with zero attached hydrogens (tertiary/aromatic N) is 4. The van der Waals surface area contributed by atoms with Crippen LogP contribution in [0.4, 0.5) is 0 Å². The lowest BCUT2D eigenvalue weighted by Crippen LogP contribution is -1.85. The molecule has 0 saturated heterocycles. The average Bonchev–Trinajstić information content (AvgIpc) is 2.96. The number of para-hydroxylation sites is 1. The Kier molecular flexibility index (Phi) is 3.38. The second kappa shape index (κ2) is 5.49. The predicted molar refractivity (Wildman–Crippen MR) is 77.0 cm³/mol. The van der Waals surface area contributed by atoms with Gasteiger partial charge in [0.1, 0.15) is 0 Å². The summed E-state index contributed by atoms with van der Waals surface area (Å²) in [6.45, 7) is 0. The number of thiazole rings is 1. The Morgan fingerprint density at radius 2 is 1.63 bits per heavy atom.